The van der Waals surface area contributed by atoms with Crippen molar-refractivity contribution in [3.05, 3.63) is 17.3 Å². The first-order chi connectivity index (χ1) is 13.2. The molecule has 0 unspecified atom stereocenters. The molecule has 146 valence electrons. The molecule has 0 amide bonds. The summed E-state index contributed by atoms with van der Waals surface area (Å²) in [6, 6.07) is 2.43. The van der Waals surface area contributed by atoms with Gasteiger partial charge in [-0.2, -0.15) is 0 Å². The Morgan fingerprint density at radius 2 is 2.00 bits per heavy atom. The number of rotatable bonds is 5. The Morgan fingerprint density at radius 1 is 1.11 bits per heavy atom. The lowest BCUT2D eigenvalue weighted by Crippen LogP contribution is -2.26. The molecule has 6 nitrogen and oxygen atoms in total. The number of aromatic nitrogens is 2. The summed E-state index contributed by atoms with van der Waals surface area (Å²) in [6.07, 6.45) is 6.88. The molecule has 1 saturated heterocycles. The van der Waals surface area contributed by atoms with E-state index in [-0.39, 0.29) is 0 Å². The van der Waals surface area contributed by atoms with Crippen molar-refractivity contribution >= 4 is 16.7 Å². The number of hydrogen-bond acceptors (Lipinski definition) is 6. The number of methoxy groups -OCH3 is 2. The summed E-state index contributed by atoms with van der Waals surface area (Å²) < 4.78 is 10.9. The predicted molar refractivity (Wildman–Crippen MR) is 108 cm³/mol. The molecule has 3 heterocycles. The van der Waals surface area contributed by atoms with E-state index in [4.69, 9.17) is 19.4 Å². The normalized spacial score (nSPS) is 20.3. The van der Waals surface area contributed by atoms with Crippen LogP contribution in [0.4, 0.5) is 5.69 Å². The van der Waals surface area contributed by atoms with Gasteiger partial charge in [-0.3, -0.25) is 4.98 Å². The summed E-state index contributed by atoms with van der Waals surface area (Å²) in [5, 5.41) is 3.87. The second-order valence-corrected chi connectivity index (χ2v) is 7.54. The number of fused-ring (bicyclic) bond motifs is 2. The minimum absolute atomic E-state index is 0.478. The molecule has 2 aliphatic rings. The summed E-state index contributed by atoms with van der Waals surface area (Å²) >= 11 is 0. The van der Waals surface area contributed by atoms with E-state index in [2.05, 4.69) is 17.1 Å². The lowest BCUT2D eigenvalue weighted by atomic mass is 10.1. The molecule has 1 fully saturated rings. The zero-order valence-electron chi connectivity index (χ0n) is 16.7. The quantitative estimate of drug-likeness (QED) is 0.870. The van der Waals surface area contributed by atoms with Crippen LogP contribution in [-0.4, -0.2) is 54.8 Å². The Morgan fingerprint density at radius 3 is 2.78 bits per heavy atom. The maximum Gasteiger partial charge on any atom is 0.257 e. The van der Waals surface area contributed by atoms with Crippen molar-refractivity contribution in [1.82, 2.24) is 14.9 Å². The summed E-state index contributed by atoms with van der Waals surface area (Å²) in [7, 11) is 3.28. The van der Waals surface area contributed by atoms with E-state index in [0.717, 1.165) is 43.4 Å². The highest BCUT2D eigenvalue weighted by Gasteiger charge is 2.25. The Labute approximate surface area is 161 Å². The number of likely N-dealkylation sites (tertiary alicyclic amines) is 1. The molecule has 4 rings (SSSR count). The fraction of sp³-hybridized carbons (Fsp3) is 0.619. The molecule has 1 atom stereocenters. The minimum Gasteiger partial charge on any atom is -0.491 e. The SMILES string of the molecule is CCN1CCC[C@@H](Nc2c3c(nc4cc(OC)c(OC)nc24)CCC3)CC1. The van der Waals surface area contributed by atoms with Crippen LogP contribution in [0, 0.1) is 0 Å². The summed E-state index contributed by atoms with van der Waals surface area (Å²) in [6.45, 7) is 5.75. The van der Waals surface area contributed by atoms with Crippen molar-refractivity contribution < 1.29 is 9.47 Å². The van der Waals surface area contributed by atoms with Gasteiger partial charge in [0, 0.05) is 24.3 Å². The third-order valence-electron chi connectivity index (χ3n) is 5.95. The van der Waals surface area contributed by atoms with Crippen LogP contribution in [0.3, 0.4) is 0 Å². The maximum absolute atomic E-state index is 5.46. The average molecular weight is 370 g/mol. The molecule has 0 saturated carbocycles. The van der Waals surface area contributed by atoms with Crippen molar-refractivity contribution in [2.75, 3.05) is 39.2 Å². The topological polar surface area (TPSA) is 59.5 Å². The molecular formula is C21H30N4O2. The molecule has 0 aromatic carbocycles. The zero-order valence-corrected chi connectivity index (χ0v) is 16.7. The van der Waals surface area contributed by atoms with E-state index in [1.54, 1.807) is 14.2 Å². The van der Waals surface area contributed by atoms with Gasteiger partial charge in [-0.1, -0.05) is 6.92 Å². The number of ether oxygens (including phenoxy) is 2. The van der Waals surface area contributed by atoms with Crippen LogP contribution in [-0.2, 0) is 12.8 Å². The van der Waals surface area contributed by atoms with Crippen molar-refractivity contribution in [2.45, 2.75) is 51.5 Å². The smallest absolute Gasteiger partial charge is 0.257 e. The van der Waals surface area contributed by atoms with Crippen molar-refractivity contribution in [3.8, 4) is 11.6 Å². The van der Waals surface area contributed by atoms with Gasteiger partial charge in [0.2, 0.25) is 0 Å². The van der Waals surface area contributed by atoms with Gasteiger partial charge < -0.3 is 19.7 Å². The van der Waals surface area contributed by atoms with Crippen LogP contribution in [0.2, 0.25) is 0 Å². The van der Waals surface area contributed by atoms with Crippen molar-refractivity contribution in [2.24, 2.45) is 0 Å². The molecular weight excluding hydrogens is 340 g/mol. The van der Waals surface area contributed by atoms with Gasteiger partial charge >= 0.3 is 0 Å². The average Bonchev–Trinajstić information content (AvgIpc) is 3.04. The van der Waals surface area contributed by atoms with Crippen LogP contribution in [0.25, 0.3) is 11.0 Å². The van der Waals surface area contributed by atoms with Crippen LogP contribution in [0.5, 0.6) is 11.6 Å². The number of anilines is 1. The van der Waals surface area contributed by atoms with E-state index in [9.17, 15) is 0 Å². The van der Waals surface area contributed by atoms with Gasteiger partial charge in [0.25, 0.3) is 5.88 Å². The fourth-order valence-electron chi connectivity index (χ4n) is 4.41. The Kier molecular flexibility index (Phi) is 5.34. The second kappa shape index (κ2) is 7.89. The molecule has 0 bridgehead atoms. The van der Waals surface area contributed by atoms with Crippen molar-refractivity contribution in [1.29, 1.82) is 0 Å². The van der Waals surface area contributed by atoms with E-state index in [1.807, 2.05) is 6.07 Å². The van der Waals surface area contributed by atoms with Gasteiger partial charge in [-0.05, 0) is 57.2 Å². The number of pyridine rings is 2. The first kappa shape index (κ1) is 18.3. The van der Waals surface area contributed by atoms with E-state index >= 15 is 0 Å². The lowest BCUT2D eigenvalue weighted by molar-refractivity contribution is 0.300. The van der Waals surface area contributed by atoms with Gasteiger partial charge in [0.05, 0.1) is 25.4 Å². The van der Waals surface area contributed by atoms with Gasteiger partial charge in [0.15, 0.2) is 5.75 Å². The van der Waals surface area contributed by atoms with E-state index < -0.39 is 0 Å². The second-order valence-electron chi connectivity index (χ2n) is 7.54. The molecule has 6 heteroatoms. The van der Waals surface area contributed by atoms with Gasteiger partial charge in [-0.25, -0.2) is 4.98 Å². The Balaban J connectivity index is 1.74. The molecule has 2 aromatic heterocycles. The summed E-state index contributed by atoms with van der Waals surface area (Å²) in [5.74, 6) is 1.15. The number of aryl methyl sites for hydroxylation is 1. The first-order valence-corrected chi connectivity index (χ1v) is 10.2. The highest BCUT2D eigenvalue weighted by Crippen LogP contribution is 2.38. The van der Waals surface area contributed by atoms with Crippen LogP contribution in [0.1, 0.15) is 43.9 Å². The standard InChI is InChI=1S/C21H30N4O2/c1-4-25-11-6-7-14(10-12-25)22-19-15-8-5-9-16(15)23-17-13-18(26-2)21(27-3)24-20(17)19/h13-14H,4-12H2,1-3H3,(H,22,23)/t14-/m1/s1. The molecule has 2 aromatic rings. The molecule has 0 spiro atoms. The highest BCUT2D eigenvalue weighted by molar-refractivity contribution is 5.92. The minimum atomic E-state index is 0.478. The molecule has 0 radical (unpaired) electrons. The third kappa shape index (κ3) is 3.55. The number of nitrogens with one attached hydrogen (secondary N) is 1. The van der Waals surface area contributed by atoms with Gasteiger partial charge in [-0.15, -0.1) is 0 Å². The lowest BCUT2D eigenvalue weighted by Gasteiger charge is -2.22. The molecule has 1 aliphatic heterocycles. The Bertz CT molecular complexity index is 824. The monoisotopic (exact) mass is 370 g/mol. The summed E-state index contributed by atoms with van der Waals surface area (Å²) in [4.78, 5) is 12.2. The molecule has 27 heavy (non-hydrogen) atoms. The van der Waals surface area contributed by atoms with Gasteiger partial charge in [0.1, 0.15) is 5.52 Å². The van der Waals surface area contributed by atoms with E-state index in [0.29, 0.717) is 17.7 Å². The van der Waals surface area contributed by atoms with Crippen molar-refractivity contribution in [3.63, 3.8) is 0 Å². The largest absolute Gasteiger partial charge is 0.491 e. The molecule has 1 N–H and O–H groups in total. The number of nitrogens with zero attached hydrogens (tertiary/aromatic N) is 3. The number of hydrogen-bond donors (Lipinski definition) is 1. The zero-order chi connectivity index (χ0) is 18.8. The van der Waals surface area contributed by atoms with Crippen LogP contribution in [0.15, 0.2) is 6.07 Å². The fourth-order valence-corrected chi connectivity index (χ4v) is 4.41. The van der Waals surface area contributed by atoms with Crippen LogP contribution < -0.4 is 14.8 Å². The Hall–Kier alpha value is -2.08. The van der Waals surface area contributed by atoms with Crippen LogP contribution >= 0.6 is 0 Å². The maximum atomic E-state index is 5.46. The first-order valence-electron chi connectivity index (χ1n) is 10.2. The summed E-state index contributed by atoms with van der Waals surface area (Å²) in [5.41, 5.74) is 5.52. The van der Waals surface area contributed by atoms with E-state index in [1.165, 1.54) is 42.8 Å². The highest BCUT2D eigenvalue weighted by atomic mass is 16.5. The molecule has 1 aliphatic carbocycles. The predicted octanol–water partition coefficient (Wildman–Crippen LogP) is 3.42. The third-order valence-corrected chi connectivity index (χ3v) is 5.95.